The van der Waals surface area contributed by atoms with Crippen LogP contribution < -0.4 is 10.1 Å². The maximum atomic E-state index is 12.8. The topological polar surface area (TPSA) is 41.5 Å². The number of ether oxygens (including phenoxy) is 1. The molecule has 0 radical (unpaired) electrons. The predicted octanol–water partition coefficient (Wildman–Crippen LogP) is 2.24. The van der Waals surface area contributed by atoms with Crippen molar-refractivity contribution < 1.29 is 14.2 Å². The monoisotopic (exact) mass is 265 g/mol. The van der Waals surface area contributed by atoms with Crippen molar-refractivity contribution in [1.82, 2.24) is 5.32 Å². The maximum absolute atomic E-state index is 12.8. The Hall–Kier alpha value is -1.13. The SMILES string of the molecule is O[C@@H]1[C@@H](NC2CC2)CCC[C@H]1Oc1ccc(F)cc1. The third-order valence-corrected chi connectivity index (χ3v) is 3.93. The van der Waals surface area contributed by atoms with Gasteiger partial charge >= 0.3 is 0 Å². The molecular weight excluding hydrogens is 245 g/mol. The third-order valence-electron chi connectivity index (χ3n) is 3.93. The highest BCUT2D eigenvalue weighted by atomic mass is 19.1. The molecule has 3 rings (SSSR count). The molecule has 2 fully saturated rings. The molecule has 0 aliphatic heterocycles. The number of nitrogens with one attached hydrogen (secondary N) is 1. The molecule has 2 saturated carbocycles. The van der Waals surface area contributed by atoms with Crippen LogP contribution in [0, 0.1) is 5.82 Å². The molecule has 2 aliphatic carbocycles. The van der Waals surface area contributed by atoms with Crippen molar-refractivity contribution in [3.63, 3.8) is 0 Å². The average Bonchev–Trinajstić information content (AvgIpc) is 3.21. The molecule has 1 aromatic rings. The third kappa shape index (κ3) is 3.25. The molecule has 104 valence electrons. The van der Waals surface area contributed by atoms with E-state index >= 15 is 0 Å². The first-order chi connectivity index (χ1) is 9.22. The van der Waals surface area contributed by atoms with Crippen LogP contribution in [0.5, 0.6) is 5.75 Å². The normalized spacial score (nSPS) is 31.2. The van der Waals surface area contributed by atoms with Gasteiger partial charge in [-0.25, -0.2) is 4.39 Å². The molecule has 0 amide bonds. The minimum absolute atomic E-state index is 0.131. The zero-order chi connectivity index (χ0) is 13.2. The summed E-state index contributed by atoms with van der Waals surface area (Å²) < 4.78 is 18.6. The number of aliphatic hydroxyl groups is 1. The van der Waals surface area contributed by atoms with Gasteiger partial charge in [-0.3, -0.25) is 0 Å². The second kappa shape index (κ2) is 5.47. The van der Waals surface area contributed by atoms with Crippen LogP contribution >= 0.6 is 0 Å². The van der Waals surface area contributed by atoms with Gasteiger partial charge in [0.15, 0.2) is 0 Å². The number of halogens is 1. The van der Waals surface area contributed by atoms with Gasteiger partial charge in [-0.2, -0.15) is 0 Å². The van der Waals surface area contributed by atoms with Crippen molar-refractivity contribution in [2.45, 2.75) is 56.4 Å². The fraction of sp³-hybridized carbons (Fsp3) is 0.600. The Bertz CT molecular complexity index is 419. The van der Waals surface area contributed by atoms with E-state index in [1.807, 2.05) is 0 Å². The first-order valence-electron chi connectivity index (χ1n) is 7.09. The molecule has 3 atom stereocenters. The summed E-state index contributed by atoms with van der Waals surface area (Å²) >= 11 is 0. The first kappa shape index (κ1) is 12.9. The molecule has 19 heavy (non-hydrogen) atoms. The van der Waals surface area contributed by atoms with Crippen molar-refractivity contribution in [1.29, 1.82) is 0 Å². The summed E-state index contributed by atoms with van der Waals surface area (Å²) in [5.41, 5.74) is 0. The van der Waals surface area contributed by atoms with Crippen molar-refractivity contribution in [3.05, 3.63) is 30.1 Å². The van der Waals surface area contributed by atoms with E-state index in [9.17, 15) is 9.50 Å². The van der Waals surface area contributed by atoms with Gasteiger partial charge in [0.25, 0.3) is 0 Å². The summed E-state index contributed by atoms with van der Waals surface area (Å²) in [7, 11) is 0. The molecule has 0 spiro atoms. The van der Waals surface area contributed by atoms with Gasteiger partial charge in [-0.1, -0.05) is 0 Å². The molecule has 3 nitrogen and oxygen atoms in total. The zero-order valence-corrected chi connectivity index (χ0v) is 10.9. The van der Waals surface area contributed by atoms with E-state index < -0.39 is 6.10 Å². The van der Waals surface area contributed by atoms with Gasteiger partial charge in [0.1, 0.15) is 23.8 Å². The predicted molar refractivity (Wildman–Crippen MR) is 70.6 cm³/mol. The smallest absolute Gasteiger partial charge is 0.126 e. The number of hydrogen-bond donors (Lipinski definition) is 2. The Morgan fingerprint density at radius 1 is 1.11 bits per heavy atom. The van der Waals surface area contributed by atoms with E-state index in [0.717, 1.165) is 19.3 Å². The van der Waals surface area contributed by atoms with Crippen LogP contribution in [0.15, 0.2) is 24.3 Å². The summed E-state index contributed by atoms with van der Waals surface area (Å²) in [6.45, 7) is 0. The van der Waals surface area contributed by atoms with Gasteiger partial charge in [0.05, 0.1) is 0 Å². The molecular formula is C15H20FNO2. The van der Waals surface area contributed by atoms with Crippen LogP contribution in [0.4, 0.5) is 4.39 Å². The summed E-state index contributed by atoms with van der Waals surface area (Å²) in [4.78, 5) is 0. The van der Waals surface area contributed by atoms with Gasteiger partial charge in [-0.05, 0) is 56.4 Å². The maximum Gasteiger partial charge on any atom is 0.126 e. The van der Waals surface area contributed by atoms with Gasteiger partial charge in [-0.15, -0.1) is 0 Å². The average molecular weight is 265 g/mol. The van der Waals surface area contributed by atoms with E-state index in [4.69, 9.17) is 4.74 Å². The molecule has 2 aliphatic rings. The number of aliphatic hydroxyl groups excluding tert-OH is 1. The molecule has 0 saturated heterocycles. The van der Waals surface area contributed by atoms with Crippen LogP contribution in [0.3, 0.4) is 0 Å². The summed E-state index contributed by atoms with van der Waals surface area (Å²) in [5, 5.41) is 13.8. The Morgan fingerprint density at radius 2 is 1.84 bits per heavy atom. The quantitative estimate of drug-likeness (QED) is 0.877. The van der Waals surface area contributed by atoms with Crippen LogP contribution in [-0.2, 0) is 0 Å². The fourth-order valence-electron chi connectivity index (χ4n) is 2.69. The molecule has 0 aromatic heterocycles. The number of benzene rings is 1. The highest BCUT2D eigenvalue weighted by molar-refractivity contribution is 5.22. The second-order valence-electron chi connectivity index (χ2n) is 5.58. The van der Waals surface area contributed by atoms with E-state index in [2.05, 4.69) is 5.32 Å². The van der Waals surface area contributed by atoms with Gasteiger partial charge < -0.3 is 15.2 Å². The van der Waals surface area contributed by atoms with Crippen molar-refractivity contribution >= 4 is 0 Å². The molecule has 2 N–H and O–H groups in total. The van der Waals surface area contributed by atoms with E-state index in [-0.39, 0.29) is 18.0 Å². The Morgan fingerprint density at radius 3 is 2.53 bits per heavy atom. The van der Waals surface area contributed by atoms with Crippen LogP contribution in [0.2, 0.25) is 0 Å². The highest BCUT2D eigenvalue weighted by Crippen LogP contribution is 2.28. The second-order valence-corrected chi connectivity index (χ2v) is 5.58. The molecule has 0 bridgehead atoms. The van der Waals surface area contributed by atoms with Crippen molar-refractivity contribution in [2.75, 3.05) is 0 Å². The molecule has 0 heterocycles. The first-order valence-corrected chi connectivity index (χ1v) is 7.09. The fourth-order valence-corrected chi connectivity index (χ4v) is 2.69. The number of rotatable bonds is 4. The minimum atomic E-state index is -0.487. The Balaban J connectivity index is 1.60. The lowest BCUT2D eigenvalue weighted by atomic mass is 9.89. The molecule has 1 aromatic carbocycles. The summed E-state index contributed by atoms with van der Waals surface area (Å²) in [6, 6.07) is 6.70. The lowest BCUT2D eigenvalue weighted by molar-refractivity contribution is -0.0158. The molecule has 4 heteroatoms. The standard InChI is InChI=1S/C15H20FNO2/c16-10-4-8-12(9-5-10)19-14-3-1-2-13(15(14)18)17-11-6-7-11/h4-5,8-9,11,13-15,17-18H,1-3,6-7H2/t13-,14+,15+/m0/s1. The summed E-state index contributed by atoms with van der Waals surface area (Å²) in [6.07, 6.45) is 4.64. The van der Waals surface area contributed by atoms with Crippen LogP contribution in [0.1, 0.15) is 32.1 Å². The van der Waals surface area contributed by atoms with Crippen LogP contribution in [-0.4, -0.2) is 29.4 Å². The van der Waals surface area contributed by atoms with Gasteiger partial charge in [0, 0.05) is 12.1 Å². The zero-order valence-electron chi connectivity index (χ0n) is 10.9. The van der Waals surface area contributed by atoms with Crippen molar-refractivity contribution in [3.8, 4) is 5.75 Å². The summed E-state index contributed by atoms with van der Waals surface area (Å²) in [5.74, 6) is 0.349. The Kier molecular flexibility index (Phi) is 3.71. The Labute approximate surface area is 112 Å². The van der Waals surface area contributed by atoms with E-state index in [1.54, 1.807) is 12.1 Å². The van der Waals surface area contributed by atoms with Crippen molar-refractivity contribution in [2.24, 2.45) is 0 Å². The van der Waals surface area contributed by atoms with Crippen LogP contribution in [0.25, 0.3) is 0 Å². The lowest BCUT2D eigenvalue weighted by Gasteiger charge is -2.35. The number of hydrogen-bond acceptors (Lipinski definition) is 3. The molecule has 0 unspecified atom stereocenters. The minimum Gasteiger partial charge on any atom is -0.488 e. The van der Waals surface area contributed by atoms with Gasteiger partial charge in [0.2, 0.25) is 0 Å². The lowest BCUT2D eigenvalue weighted by Crippen LogP contribution is -2.51. The van der Waals surface area contributed by atoms with E-state index in [0.29, 0.717) is 11.8 Å². The van der Waals surface area contributed by atoms with E-state index in [1.165, 1.54) is 25.0 Å². The highest BCUT2D eigenvalue weighted by Gasteiger charge is 2.36. The largest absolute Gasteiger partial charge is 0.488 e.